The van der Waals surface area contributed by atoms with Crippen LogP contribution < -0.4 is 0 Å². The van der Waals surface area contributed by atoms with Gasteiger partial charge in [0.15, 0.2) is 17.5 Å². The van der Waals surface area contributed by atoms with Crippen molar-refractivity contribution in [2.45, 2.75) is 19.3 Å². The normalized spacial score (nSPS) is 13.0. The highest BCUT2D eigenvalue weighted by molar-refractivity contribution is 6.23. The molecule has 60 heavy (non-hydrogen) atoms. The van der Waals surface area contributed by atoms with Crippen molar-refractivity contribution in [1.29, 1.82) is 0 Å². The average Bonchev–Trinajstić information content (AvgIpc) is 3.80. The number of furan rings is 1. The number of benzene rings is 9. The second-order valence-electron chi connectivity index (χ2n) is 16.4. The predicted octanol–water partition coefficient (Wildman–Crippen LogP) is 14.7. The van der Waals surface area contributed by atoms with Crippen molar-refractivity contribution in [3.8, 4) is 67.5 Å². The lowest BCUT2D eigenvalue weighted by molar-refractivity contribution is 0.660. The Morgan fingerprint density at radius 1 is 0.367 bits per heavy atom. The first kappa shape index (κ1) is 34.4. The topological polar surface area (TPSA) is 51.8 Å². The fourth-order valence-corrected chi connectivity index (χ4v) is 9.47. The Morgan fingerprint density at radius 2 is 0.983 bits per heavy atom. The monoisotopic (exact) mass is 767 g/mol. The van der Waals surface area contributed by atoms with Crippen LogP contribution in [0.3, 0.4) is 0 Å². The van der Waals surface area contributed by atoms with Crippen LogP contribution in [0.5, 0.6) is 0 Å². The minimum absolute atomic E-state index is 0.152. The van der Waals surface area contributed by atoms with Crippen molar-refractivity contribution in [3.05, 3.63) is 199 Å². The maximum Gasteiger partial charge on any atom is 0.164 e. The zero-order valence-corrected chi connectivity index (χ0v) is 33.1. The van der Waals surface area contributed by atoms with E-state index < -0.39 is 0 Å². The standard InChI is InChI=1S/C56H37N3O/c1-56(2)48-22-11-10-18-43(48)44-30-29-40(32-49(44)56)54-57-53(37-14-4-3-5-15-37)58-55(59-54)47-33-50-51(45-19-9-8-17-42(45)47)46-21-12-20-41(52(46)60-50)36-26-23-35(24-27-36)39-28-25-34-13-6-7-16-38(34)31-39/h3-33H,1-2H3. The van der Waals surface area contributed by atoms with Crippen molar-refractivity contribution < 1.29 is 4.42 Å². The van der Waals surface area contributed by atoms with Gasteiger partial charge < -0.3 is 4.42 Å². The van der Waals surface area contributed by atoms with Gasteiger partial charge in [-0.15, -0.1) is 0 Å². The van der Waals surface area contributed by atoms with Crippen LogP contribution in [0.25, 0.3) is 111 Å². The molecule has 12 rings (SSSR count). The van der Waals surface area contributed by atoms with Gasteiger partial charge in [-0.1, -0.05) is 184 Å². The van der Waals surface area contributed by atoms with Gasteiger partial charge in [0, 0.05) is 38.4 Å². The first-order valence-corrected chi connectivity index (χ1v) is 20.5. The molecule has 0 spiro atoms. The highest BCUT2D eigenvalue weighted by Gasteiger charge is 2.35. The molecule has 0 saturated heterocycles. The van der Waals surface area contributed by atoms with E-state index in [1.807, 2.05) is 18.2 Å². The number of aromatic nitrogens is 3. The Hall–Kier alpha value is -7.69. The smallest absolute Gasteiger partial charge is 0.164 e. The van der Waals surface area contributed by atoms with E-state index >= 15 is 0 Å². The van der Waals surface area contributed by atoms with Gasteiger partial charge in [0.1, 0.15) is 11.2 Å². The molecule has 2 aromatic heterocycles. The Morgan fingerprint density at radius 3 is 1.83 bits per heavy atom. The number of nitrogens with zero attached hydrogens (tertiary/aromatic N) is 3. The van der Waals surface area contributed by atoms with E-state index in [1.54, 1.807) is 0 Å². The highest BCUT2D eigenvalue weighted by Crippen LogP contribution is 2.50. The Labute approximate surface area is 347 Å². The van der Waals surface area contributed by atoms with E-state index in [9.17, 15) is 0 Å². The Balaban J connectivity index is 1.01. The molecule has 9 aromatic carbocycles. The maximum absolute atomic E-state index is 6.93. The van der Waals surface area contributed by atoms with Crippen molar-refractivity contribution in [2.24, 2.45) is 0 Å². The molecule has 1 aliphatic carbocycles. The minimum atomic E-state index is -0.152. The molecule has 0 atom stereocenters. The van der Waals surface area contributed by atoms with Crippen LogP contribution in [0.1, 0.15) is 25.0 Å². The van der Waals surface area contributed by atoms with Crippen LogP contribution in [0.4, 0.5) is 0 Å². The molecular formula is C56H37N3O. The molecule has 11 aromatic rings. The van der Waals surface area contributed by atoms with Crippen LogP contribution in [0.15, 0.2) is 192 Å². The number of rotatable bonds is 5. The number of fused-ring (bicyclic) bond motifs is 9. The minimum Gasteiger partial charge on any atom is -0.455 e. The summed E-state index contributed by atoms with van der Waals surface area (Å²) in [5, 5.41) is 6.78. The molecule has 0 radical (unpaired) electrons. The molecule has 0 saturated carbocycles. The molecular weight excluding hydrogens is 731 g/mol. The third-order valence-electron chi connectivity index (χ3n) is 12.5. The molecule has 2 heterocycles. The van der Waals surface area contributed by atoms with Crippen LogP contribution in [0, 0.1) is 0 Å². The third kappa shape index (κ3) is 5.34. The summed E-state index contributed by atoms with van der Waals surface area (Å²) in [6, 6.07) is 66.6. The fourth-order valence-electron chi connectivity index (χ4n) is 9.47. The second-order valence-corrected chi connectivity index (χ2v) is 16.4. The van der Waals surface area contributed by atoms with Crippen LogP contribution >= 0.6 is 0 Å². The zero-order valence-electron chi connectivity index (χ0n) is 33.1. The summed E-state index contributed by atoms with van der Waals surface area (Å²) in [6.07, 6.45) is 0. The summed E-state index contributed by atoms with van der Waals surface area (Å²) in [5.41, 5.74) is 14.0. The van der Waals surface area contributed by atoms with Gasteiger partial charge in [-0.3, -0.25) is 0 Å². The van der Waals surface area contributed by atoms with Crippen molar-refractivity contribution in [3.63, 3.8) is 0 Å². The van der Waals surface area contributed by atoms with E-state index in [2.05, 4.69) is 184 Å². The quantitative estimate of drug-likeness (QED) is 0.175. The summed E-state index contributed by atoms with van der Waals surface area (Å²) in [5.74, 6) is 1.86. The van der Waals surface area contributed by atoms with Crippen LogP contribution in [0.2, 0.25) is 0 Å². The van der Waals surface area contributed by atoms with E-state index in [0.717, 1.165) is 60.5 Å². The van der Waals surface area contributed by atoms with Gasteiger partial charge in [-0.2, -0.15) is 0 Å². The van der Waals surface area contributed by atoms with Crippen molar-refractivity contribution >= 4 is 43.5 Å². The summed E-state index contributed by atoms with van der Waals surface area (Å²) < 4.78 is 6.93. The second kappa shape index (κ2) is 13.2. The third-order valence-corrected chi connectivity index (χ3v) is 12.5. The van der Waals surface area contributed by atoms with Gasteiger partial charge in [0.2, 0.25) is 0 Å². The molecule has 0 aliphatic heterocycles. The van der Waals surface area contributed by atoms with E-state index in [0.29, 0.717) is 17.5 Å². The lowest BCUT2D eigenvalue weighted by Gasteiger charge is -2.21. The van der Waals surface area contributed by atoms with Gasteiger partial charge in [0.25, 0.3) is 0 Å². The number of hydrogen-bond acceptors (Lipinski definition) is 4. The van der Waals surface area contributed by atoms with Crippen molar-refractivity contribution in [1.82, 2.24) is 15.0 Å². The fraction of sp³-hybridized carbons (Fsp3) is 0.0536. The first-order valence-electron chi connectivity index (χ1n) is 20.5. The molecule has 4 heteroatoms. The summed E-state index contributed by atoms with van der Waals surface area (Å²) >= 11 is 0. The van der Waals surface area contributed by atoms with E-state index in [-0.39, 0.29) is 5.41 Å². The molecule has 1 aliphatic rings. The number of para-hydroxylation sites is 1. The zero-order chi connectivity index (χ0) is 40.0. The number of hydrogen-bond donors (Lipinski definition) is 0. The van der Waals surface area contributed by atoms with Gasteiger partial charge in [-0.25, -0.2) is 15.0 Å². The van der Waals surface area contributed by atoms with Gasteiger partial charge in [0.05, 0.1) is 0 Å². The predicted molar refractivity (Wildman–Crippen MR) is 247 cm³/mol. The summed E-state index contributed by atoms with van der Waals surface area (Å²) in [6.45, 7) is 4.61. The molecule has 282 valence electrons. The average molecular weight is 768 g/mol. The Kier molecular flexibility index (Phi) is 7.54. The molecule has 0 N–H and O–H groups in total. The maximum atomic E-state index is 6.93. The molecule has 0 fully saturated rings. The molecule has 4 nitrogen and oxygen atoms in total. The first-order chi connectivity index (χ1) is 29.5. The van der Waals surface area contributed by atoms with Gasteiger partial charge >= 0.3 is 0 Å². The van der Waals surface area contributed by atoms with Crippen molar-refractivity contribution in [2.75, 3.05) is 0 Å². The lowest BCUT2D eigenvalue weighted by atomic mass is 9.82. The lowest BCUT2D eigenvalue weighted by Crippen LogP contribution is -2.15. The SMILES string of the molecule is CC1(C)c2ccccc2-c2ccc(-c3nc(-c4ccccc4)nc(-c4cc5oc6c(-c7ccc(-c8ccc9ccccc9c8)cc7)cccc6c5c5ccccc45)n3)cc21. The van der Waals surface area contributed by atoms with E-state index in [4.69, 9.17) is 19.4 Å². The van der Waals surface area contributed by atoms with Crippen LogP contribution in [-0.2, 0) is 5.41 Å². The molecule has 0 amide bonds. The highest BCUT2D eigenvalue weighted by atomic mass is 16.3. The van der Waals surface area contributed by atoms with E-state index in [1.165, 1.54) is 44.2 Å². The largest absolute Gasteiger partial charge is 0.455 e. The molecule has 0 unspecified atom stereocenters. The van der Waals surface area contributed by atoms with Crippen LogP contribution in [-0.4, -0.2) is 15.0 Å². The molecule has 0 bridgehead atoms. The Bertz CT molecular complexity index is 3510. The summed E-state index contributed by atoms with van der Waals surface area (Å²) in [7, 11) is 0. The summed E-state index contributed by atoms with van der Waals surface area (Å²) in [4.78, 5) is 15.6. The van der Waals surface area contributed by atoms with Gasteiger partial charge in [-0.05, 0) is 78.7 Å².